The van der Waals surface area contributed by atoms with E-state index in [1.807, 2.05) is 12.1 Å². The molecular weight excluding hydrogens is 264 g/mol. The number of fused-ring (bicyclic) bond motifs is 1. The Labute approximate surface area is 126 Å². The summed E-state index contributed by atoms with van der Waals surface area (Å²) in [6, 6.07) is 5.90. The Morgan fingerprint density at radius 1 is 1.19 bits per heavy atom. The van der Waals surface area contributed by atoms with Crippen LogP contribution in [0.25, 0.3) is 0 Å². The van der Waals surface area contributed by atoms with Crippen molar-refractivity contribution < 1.29 is 14.6 Å². The summed E-state index contributed by atoms with van der Waals surface area (Å²) in [5.41, 5.74) is 2.00. The Morgan fingerprint density at radius 3 is 2.76 bits per heavy atom. The molecule has 21 heavy (non-hydrogen) atoms. The molecule has 114 valence electrons. The molecule has 1 aliphatic heterocycles. The van der Waals surface area contributed by atoms with E-state index in [-0.39, 0.29) is 12.5 Å². The van der Waals surface area contributed by atoms with Gasteiger partial charge in [0.1, 0.15) is 5.75 Å². The van der Waals surface area contributed by atoms with Crippen LogP contribution in [-0.2, 0) is 17.6 Å². The van der Waals surface area contributed by atoms with Crippen molar-refractivity contribution in [1.82, 2.24) is 0 Å². The van der Waals surface area contributed by atoms with Gasteiger partial charge in [-0.15, -0.1) is 0 Å². The summed E-state index contributed by atoms with van der Waals surface area (Å²) in [5.74, 6) is 0.866. The number of benzene rings is 1. The van der Waals surface area contributed by atoms with Crippen molar-refractivity contribution in [2.75, 3.05) is 0 Å². The van der Waals surface area contributed by atoms with Gasteiger partial charge in [-0.25, -0.2) is 0 Å². The predicted octanol–water partition coefficient (Wildman–Crippen LogP) is 3.98. The van der Waals surface area contributed by atoms with Gasteiger partial charge >= 0.3 is 5.97 Å². The second-order valence-electron chi connectivity index (χ2n) is 6.49. The minimum Gasteiger partial charge on any atom is -0.490 e. The van der Waals surface area contributed by atoms with Gasteiger partial charge < -0.3 is 9.84 Å². The van der Waals surface area contributed by atoms with E-state index in [1.165, 1.54) is 37.7 Å². The van der Waals surface area contributed by atoms with Gasteiger partial charge in [0.05, 0.1) is 12.5 Å². The zero-order valence-electron chi connectivity index (χ0n) is 12.5. The number of carbonyl (C=O) groups is 1. The Morgan fingerprint density at radius 2 is 2.00 bits per heavy atom. The van der Waals surface area contributed by atoms with Crippen LogP contribution >= 0.6 is 0 Å². The lowest BCUT2D eigenvalue weighted by atomic mass is 9.83. The molecule has 1 atom stereocenters. The van der Waals surface area contributed by atoms with E-state index in [0.29, 0.717) is 0 Å². The third-order valence-electron chi connectivity index (χ3n) is 4.86. The lowest BCUT2D eigenvalue weighted by Gasteiger charge is -2.31. The number of para-hydroxylation sites is 1. The van der Waals surface area contributed by atoms with Crippen molar-refractivity contribution in [3.8, 4) is 5.75 Å². The molecule has 1 aromatic carbocycles. The van der Waals surface area contributed by atoms with Crippen molar-refractivity contribution in [1.29, 1.82) is 0 Å². The fourth-order valence-corrected chi connectivity index (χ4v) is 3.79. The molecule has 3 nitrogen and oxygen atoms in total. The molecule has 1 aromatic rings. The van der Waals surface area contributed by atoms with E-state index in [9.17, 15) is 4.79 Å². The smallest absolute Gasteiger partial charge is 0.307 e. The maximum atomic E-state index is 11.0. The quantitative estimate of drug-likeness (QED) is 0.911. The first-order valence-electron chi connectivity index (χ1n) is 8.21. The van der Waals surface area contributed by atoms with Gasteiger partial charge in [-0.2, -0.15) is 0 Å². The Kier molecular flexibility index (Phi) is 4.47. The largest absolute Gasteiger partial charge is 0.490 e. The van der Waals surface area contributed by atoms with Crippen LogP contribution in [0.2, 0.25) is 0 Å². The maximum absolute atomic E-state index is 11.0. The summed E-state index contributed by atoms with van der Waals surface area (Å²) in [7, 11) is 0. The number of ether oxygens (including phenoxy) is 1. The second kappa shape index (κ2) is 6.50. The summed E-state index contributed by atoms with van der Waals surface area (Å²) in [6.45, 7) is 0. The minimum absolute atomic E-state index is 0.0549. The Bertz CT molecular complexity index is 503. The van der Waals surface area contributed by atoms with Crippen molar-refractivity contribution >= 4 is 5.97 Å². The van der Waals surface area contributed by atoms with Crippen molar-refractivity contribution in [2.45, 2.75) is 63.9 Å². The van der Waals surface area contributed by atoms with E-state index in [0.717, 1.165) is 36.5 Å². The summed E-state index contributed by atoms with van der Waals surface area (Å²) in [6.07, 6.45) is 10.3. The van der Waals surface area contributed by atoms with Crippen molar-refractivity contribution in [3.63, 3.8) is 0 Å². The molecule has 0 bridgehead atoms. The topological polar surface area (TPSA) is 46.5 Å². The third-order valence-corrected chi connectivity index (χ3v) is 4.86. The van der Waals surface area contributed by atoms with E-state index in [2.05, 4.69) is 6.07 Å². The Hall–Kier alpha value is -1.51. The number of rotatable bonds is 4. The molecule has 1 heterocycles. The van der Waals surface area contributed by atoms with Crippen LogP contribution in [-0.4, -0.2) is 17.2 Å². The summed E-state index contributed by atoms with van der Waals surface area (Å²) >= 11 is 0. The van der Waals surface area contributed by atoms with Crippen LogP contribution in [0.15, 0.2) is 18.2 Å². The maximum Gasteiger partial charge on any atom is 0.307 e. The molecule has 3 heteroatoms. The lowest BCUT2D eigenvalue weighted by molar-refractivity contribution is -0.136. The van der Waals surface area contributed by atoms with Gasteiger partial charge in [0.2, 0.25) is 0 Å². The van der Waals surface area contributed by atoms with Crippen LogP contribution < -0.4 is 4.74 Å². The van der Waals surface area contributed by atoms with Gasteiger partial charge in [-0.1, -0.05) is 50.3 Å². The molecule has 1 saturated carbocycles. The first-order valence-corrected chi connectivity index (χ1v) is 8.21. The lowest BCUT2D eigenvalue weighted by Crippen LogP contribution is -2.27. The molecule has 1 fully saturated rings. The van der Waals surface area contributed by atoms with E-state index >= 15 is 0 Å². The first-order chi connectivity index (χ1) is 10.2. The molecule has 0 spiro atoms. The molecule has 3 rings (SSSR count). The Balaban J connectivity index is 1.69. The van der Waals surface area contributed by atoms with E-state index in [4.69, 9.17) is 9.84 Å². The van der Waals surface area contributed by atoms with Gasteiger partial charge in [0, 0.05) is 5.56 Å². The summed E-state index contributed by atoms with van der Waals surface area (Å²) in [4.78, 5) is 11.0. The molecular formula is C18H24O3. The molecule has 1 unspecified atom stereocenters. The molecule has 0 saturated heterocycles. The zero-order valence-corrected chi connectivity index (χ0v) is 12.5. The molecule has 1 N–H and O–H groups in total. The molecule has 1 aliphatic carbocycles. The number of aliphatic carboxylic acids is 1. The highest BCUT2D eigenvalue weighted by molar-refractivity contribution is 5.71. The number of carboxylic acids is 1. The molecule has 0 radical (unpaired) electrons. The highest BCUT2D eigenvalue weighted by Gasteiger charge is 2.26. The van der Waals surface area contributed by atoms with Crippen LogP contribution in [0.5, 0.6) is 5.75 Å². The number of aryl methyl sites for hydroxylation is 1. The first kappa shape index (κ1) is 14.4. The normalized spacial score (nSPS) is 22.4. The fraction of sp³-hybridized carbons (Fsp3) is 0.611. The highest BCUT2D eigenvalue weighted by atomic mass is 16.5. The number of carboxylic acid groups (broad SMARTS) is 1. The summed E-state index contributed by atoms with van der Waals surface area (Å²) in [5, 5.41) is 9.04. The fourth-order valence-electron chi connectivity index (χ4n) is 3.79. The van der Waals surface area contributed by atoms with Crippen LogP contribution in [0.3, 0.4) is 0 Å². The van der Waals surface area contributed by atoms with Gasteiger partial charge in [0.25, 0.3) is 0 Å². The summed E-state index contributed by atoms with van der Waals surface area (Å²) < 4.78 is 6.20. The monoisotopic (exact) mass is 288 g/mol. The van der Waals surface area contributed by atoms with Crippen LogP contribution in [0.1, 0.15) is 56.1 Å². The van der Waals surface area contributed by atoms with Crippen LogP contribution in [0, 0.1) is 5.92 Å². The van der Waals surface area contributed by atoms with E-state index < -0.39 is 5.97 Å². The average molecular weight is 288 g/mol. The molecule has 0 amide bonds. The molecule has 2 aliphatic rings. The van der Waals surface area contributed by atoms with Gasteiger partial charge in [-0.05, 0) is 30.7 Å². The van der Waals surface area contributed by atoms with Crippen molar-refractivity contribution in [2.24, 2.45) is 5.92 Å². The minimum atomic E-state index is -0.790. The van der Waals surface area contributed by atoms with Crippen LogP contribution in [0.4, 0.5) is 0 Å². The predicted molar refractivity (Wildman–Crippen MR) is 81.7 cm³/mol. The number of hydrogen-bond acceptors (Lipinski definition) is 2. The van der Waals surface area contributed by atoms with Crippen molar-refractivity contribution in [3.05, 3.63) is 29.3 Å². The standard InChI is InChI=1S/C18H24O3/c19-17(20)12-15-8-4-7-14-9-10-16(21-18(14)15)11-13-5-2-1-3-6-13/h4,7-8,13,16H,1-3,5-6,9-12H2,(H,19,20). The second-order valence-corrected chi connectivity index (χ2v) is 6.49. The average Bonchev–Trinajstić information content (AvgIpc) is 2.48. The number of hydrogen-bond donors (Lipinski definition) is 1. The molecule has 0 aromatic heterocycles. The third kappa shape index (κ3) is 3.58. The zero-order chi connectivity index (χ0) is 14.7. The van der Waals surface area contributed by atoms with Gasteiger partial charge in [-0.3, -0.25) is 4.79 Å². The van der Waals surface area contributed by atoms with Gasteiger partial charge in [0.15, 0.2) is 0 Å². The SMILES string of the molecule is O=C(O)Cc1cccc2c1OC(CC1CCCCC1)CC2. The highest BCUT2D eigenvalue weighted by Crippen LogP contribution is 2.36. The van der Waals surface area contributed by atoms with E-state index in [1.54, 1.807) is 0 Å².